The number of methoxy groups -OCH3 is 1. The molecule has 5 N–H and O–H groups in total. The summed E-state index contributed by atoms with van der Waals surface area (Å²) < 4.78 is 5.02. The Labute approximate surface area is 82.1 Å². The number of rotatable bonds is 4. The van der Waals surface area contributed by atoms with E-state index in [1.165, 1.54) is 13.2 Å². The molecule has 0 aliphatic heterocycles. The van der Waals surface area contributed by atoms with E-state index in [-0.39, 0.29) is 18.0 Å². The van der Waals surface area contributed by atoms with E-state index in [1.54, 1.807) is 6.07 Å². The summed E-state index contributed by atoms with van der Waals surface area (Å²) in [5.41, 5.74) is 6.43. The summed E-state index contributed by atoms with van der Waals surface area (Å²) >= 11 is 0. The van der Waals surface area contributed by atoms with Crippen LogP contribution in [-0.4, -0.2) is 30.5 Å². The van der Waals surface area contributed by atoms with Crippen molar-refractivity contribution in [3.8, 4) is 11.5 Å². The molecule has 0 unspecified atom stereocenters. The molecule has 0 atom stereocenters. The topological polar surface area (TPSA) is 87.7 Å². The molecule has 5 heteroatoms. The molecule has 0 aromatic heterocycles. The van der Waals surface area contributed by atoms with E-state index in [9.17, 15) is 5.11 Å². The van der Waals surface area contributed by atoms with Crippen LogP contribution >= 0.6 is 0 Å². The molecule has 1 aromatic carbocycles. The van der Waals surface area contributed by atoms with E-state index in [0.717, 1.165) is 0 Å². The smallest absolute Gasteiger partial charge is 0.168 e. The summed E-state index contributed by atoms with van der Waals surface area (Å²) in [5.74, 6) is 0.370. The van der Waals surface area contributed by atoms with Crippen LogP contribution in [0.15, 0.2) is 12.1 Å². The normalized spacial score (nSPS) is 9.86. The van der Waals surface area contributed by atoms with Crippen molar-refractivity contribution < 1.29 is 14.9 Å². The number of phenols is 1. The lowest BCUT2D eigenvalue weighted by molar-refractivity contribution is 0.311. The third kappa shape index (κ3) is 2.00. The van der Waals surface area contributed by atoms with Gasteiger partial charge >= 0.3 is 0 Å². The minimum Gasteiger partial charge on any atom is -0.506 e. The molecule has 0 saturated heterocycles. The fourth-order valence-electron chi connectivity index (χ4n) is 1.14. The lowest BCUT2D eigenvalue weighted by Gasteiger charge is -2.13. The van der Waals surface area contributed by atoms with Gasteiger partial charge in [-0.05, 0) is 12.1 Å². The fourth-order valence-corrected chi connectivity index (χ4v) is 1.14. The Morgan fingerprint density at radius 3 is 2.79 bits per heavy atom. The predicted octanol–water partition coefficient (Wildman–Crippen LogP) is 0.387. The number of aliphatic hydroxyl groups is 1. The summed E-state index contributed by atoms with van der Waals surface area (Å²) in [6.45, 7) is 0.421. The quantitative estimate of drug-likeness (QED) is 0.319. The first-order valence-corrected chi connectivity index (χ1v) is 4.21. The number of nitrogens with one attached hydrogen (secondary N) is 1. The number of aliphatic hydroxyl groups excluding tert-OH is 1. The molecular weight excluding hydrogens is 184 g/mol. The number of aromatic hydroxyl groups is 1. The Bertz CT molecular complexity index is 315. The van der Waals surface area contributed by atoms with Gasteiger partial charge in [0, 0.05) is 6.54 Å². The van der Waals surface area contributed by atoms with E-state index in [4.69, 9.17) is 15.6 Å². The molecule has 0 heterocycles. The summed E-state index contributed by atoms with van der Waals surface area (Å²) in [7, 11) is 1.47. The number of hydrogen-bond acceptors (Lipinski definition) is 5. The first-order chi connectivity index (χ1) is 6.70. The summed E-state index contributed by atoms with van der Waals surface area (Å²) in [4.78, 5) is 0. The number of hydrogen-bond donors (Lipinski definition) is 4. The van der Waals surface area contributed by atoms with Gasteiger partial charge in [0.2, 0.25) is 0 Å². The van der Waals surface area contributed by atoms with E-state index in [1.807, 2.05) is 0 Å². The zero-order valence-corrected chi connectivity index (χ0v) is 7.95. The maximum Gasteiger partial charge on any atom is 0.168 e. The highest BCUT2D eigenvalue weighted by Gasteiger charge is 2.09. The number of anilines is 2. The standard InChI is InChI=1S/C9H14N2O3/c1-14-9-6(11-4-5-12)2-3-7(13)8(9)10/h2-3,11-13H,4-5,10H2,1H3. The largest absolute Gasteiger partial charge is 0.506 e. The van der Waals surface area contributed by atoms with Gasteiger partial charge in [-0.1, -0.05) is 0 Å². The van der Waals surface area contributed by atoms with Crippen LogP contribution < -0.4 is 15.8 Å². The molecule has 0 spiro atoms. The van der Waals surface area contributed by atoms with Gasteiger partial charge in [-0.25, -0.2) is 0 Å². The molecule has 78 valence electrons. The fraction of sp³-hybridized carbons (Fsp3) is 0.333. The molecule has 0 fully saturated rings. The predicted molar refractivity (Wildman–Crippen MR) is 54.6 cm³/mol. The highest BCUT2D eigenvalue weighted by molar-refractivity contribution is 5.74. The lowest BCUT2D eigenvalue weighted by Crippen LogP contribution is -2.07. The second-order valence-corrected chi connectivity index (χ2v) is 2.73. The van der Waals surface area contributed by atoms with E-state index < -0.39 is 0 Å². The molecule has 0 aliphatic carbocycles. The molecule has 14 heavy (non-hydrogen) atoms. The summed E-state index contributed by atoms with van der Waals surface area (Å²) in [6, 6.07) is 3.11. The maximum absolute atomic E-state index is 9.30. The van der Waals surface area contributed by atoms with Crippen molar-refractivity contribution in [2.75, 3.05) is 31.3 Å². The number of benzene rings is 1. The first-order valence-electron chi connectivity index (χ1n) is 4.21. The average molecular weight is 198 g/mol. The lowest BCUT2D eigenvalue weighted by atomic mass is 10.2. The SMILES string of the molecule is COc1c(NCCO)ccc(O)c1N. The van der Waals surface area contributed by atoms with Crippen LogP contribution in [0.4, 0.5) is 11.4 Å². The van der Waals surface area contributed by atoms with Gasteiger partial charge in [0.1, 0.15) is 11.4 Å². The van der Waals surface area contributed by atoms with Crippen molar-refractivity contribution in [2.24, 2.45) is 0 Å². The zero-order valence-electron chi connectivity index (χ0n) is 7.95. The Morgan fingerprint density at radius 1 is 1.50 bits per heavy atom. The van der Waals surface area contributed by atoms with Crippen LogP contribution in [0, 0.1) is 0 Å². The molecule has 0 bridgehead atoms. The molecule has 0 amide bonds. The second kappa shape index (κ2) is 4.57. The van der Waals surface area contributed by atoms with Crippen LogP contribution in [0.2, 0.25) is 0 Å². The minimum absolute atomic E-state index is 0.0172. The number of nitrogens with two attached hydrogens (primary N) is 1. The van der Waals surface area contributed by atoms with E-state index in [2.05, 4.69) is 5.32 Å². The number of ether oxygens (including phenoxy) is 1. The highest BCUT2D eigenvalue weighted by atomic mass is 16.5. The van der Waals surface area contributed by atoms with Crippen molar-refractivity contribution in [3.63, 3.8) is 0 Å². The third-order valence-corrected chi connectivity index (χ3v) is 1.80. The second-order valence-electron chi connectivity index (χ2n) is 2.73. The van der Waals surface area contributed by atoms with E-state index >= 15 is 0 Å². The Kier molecular flexibility index (Phi) is 3.41. The van der Waals surface area contributed by atoms with Crippen molar-refractivity contribution in [1.29, 1.82) is 0 Å². The monoisotopic (exact) mass is 198 g/mol. The molecule has 1 rings (SSSR count). The van der Waals surface area contributed by atoms with Gasteiger partial charge in [0.05, 0.1) is 19.4 Å². The average Bonchev–Trinajstić information content (AvgIpc) is 2.20. The molecule has 0 radical (unpaired) electrons. The minimum atomic E-state index is -0.0172. The molecule has 0 saturated carbocycles. The van der Waals surface area contributed by atoms with Gasteiger partial charge in [-0.2, -0.15) is 0 Å². The molecular formula is C9H14N2O3. The molecule has 0 aliphatic rings. The maximum atomic E-state index is 9.30. The van der Waals surface area contributed by atoms with Crippen LogP contribution in [0.3, 0.4) is 0 Å². The van der Waals surface area contributed by atoms with Crippen LogP contribution in [0.25, 0.3) is 0 Å². The van der Waals surface area contributed by atoms with Crippen LogP contribution in [0.5, 0.6) is 11.5 Å². The Hall–Kier alpha value is -1.62. The number of nitrogen functional groups attached to an aromatic ring is 1. The van der Waals surface area contributed by atoms with Gasteiger partial charge in [0.25, 0.3) is 0 Å². The molecule has 5 nitrogen and oxygen atoms in total. The van der Waals surface area contributed by atoms with E-state index in [0.29, 0.717) is 18.0 Å². The molecule has 1 aromatic rings. The van der Waals surface area contributed by atoms with Crippen molar-refractivity contribution in [2.45, 2.75) is 0 Å². The van der Waals surface area contributed by atoms with Gasteiger partial charge in [-0.15, -0.1) is 0 Å². The third-order valence-electron chi connectivity index (χ3n) is 1.80. The zero-order chi connectivity index (χ0) is 10.6. The van der Waals surface area contributed by atoms with Gasteiger partial charge in [-0.3, -0.25) is 0 Å². The summed E-state index contributed by atoms with van der Waals surface area (Å²) in [6.07, 6.45) is 0. The highest BCUT2D eigenvalue weighted by Crippen LogP contribution is 2.37. The van der Waals surface area contributed by atoms with Crippen LogP contribution in [-0.2, 0) is 0 Å². The van der Waals surface area contributed by atoms with Crippen LogP contribution in [0.1, 0.15) is 0 Å². The van der Waals surface area contributed by atoms with Crippen molar-refractivity contribution in [1.82, 2.24) is 0 Å². The Morgan fingerprint density at radius 2 is 2.21 bits per heavy atom. The van der Waals surface area contributed by atoms with Gasteiger partial charge in [0.15, 0.2) is 5.75 Å². The van der Waals surface area contributed by atoms with Crippen molar-refractivity contribution in [3.05, 3.63) is 12.1 Å². The number of phenolic OH excluding ortho intramolecular Hbond substituents is 1. The van der Waals surface area contributed by atoms with Gasteiger partial charge < -0.3 is 26.0 Å². The Balaban J connectivity index is 2.98. The first kappa shape index (κ1) is 10.5. The summed E-state index contributed by atoms with van der Waals surface area (Å²) in [5, 5.41) is 20.8. The van der Waals surface area contributed by atoms with Crippen molar-refractivity contribution >= 4 is 11.4 Å².